The van der Waals surface area contributed by atoms with Crippen LogP contribution < -0.4 is 10.6 Å². The summed E-state index contributed by atoms with van der Waals surface area (Å²) < 4.78 is 3.93. The minimum atomic E-state index is 0. The fourth-order valence-electron chi connectivity index (χ4n) is 3.62. The van der Waals surface area contributed by atoms with Crippen LogP contribution in [0.5, 0.6) is 0 Å². The Hall–Kier alpha value is -2.36. The minimum Gasteiger partial charge on any atom is -0.352 e. The van der Waals surface area contributed by atoms with Gasteiger partial charge in [-0.2, -0.15) is 10.2 Å². The molecule has 2 N–H and O–H groups in total. The Bertz CT molecular complexity index is 945. The highest BCUT2D eigenvalue weighted by Gasteiger charge is 2.14. The number of hydrogen-bond acceptors (Lipinski definition) is 3. The van der Waals surface area contributed by atoms with E-state index in [-0.39, 0.29) is 24.0 Å². The van der Waals surface area contributed by atoms with Crippen LogP contribution in [0.2, 0.25) is 0 Å². The molecule has 7 nitrogen and oxygen atoms in total. The first kappa shape index (κ1) is 23.9. The monoisotopic (exact) mass is 521 g/mol. The van der Waals surface area contributed by atoms with E-state index >= 15 is 0 Å². The molecule has 0 atom stereocenters. The van der Waals surface area contributed by atoms with Gasteiger partial charge in [0.15, 0.2) is 5.96 Å². The Morgan fingerprint density at radius 3 is 2.40 bits per heavy atom. The first-order valence-corrected chi connectivity index (χ1v) is 10.2. The van der Waals surface area contributed by atoms with Crippen molar-refractivity contribution in [2.45, 2.75) is 46.3 Å². The molecule has 8 heteroatoms. The summed E-state index contributed by atoms with van der Waals surface area (Å²) in [6, 6.07) is 10.4. The molecule has 0 fully saturated rings. The van der Waals surface area contributed by atoms with E-state index in [1.54, 1.807) is 13.2 Å². The zero-order chi connectivity index (χ0) is 20.6. The highest BCUT2D eigenvalue weighted by molar-refractivity contribution is 14.0. The number of nitrogens with one attached hydrogen (secondary N) is 2. The largest absolute Gasteiger partial charge is 0.352 e. The zero-order valence-corrected chi connectivity index (χ0v) is 20.6. The third-order valence-electron chi connectivity index (χ3n) is 5.14. The highest BCUT2D eigenvalue weighted by Crippen LogP contribution is 2.15. The molecule has 2 aromatic heterocycles. The number of hydrogen-bond donors (Lipinski definition) is 2. The fourth-order valence-corrected chi connectivity index (χ4v) is 3.62. The zero-order valence-electron chi connectivity index (χ0n) is 18.2. The van der Waals surface area contributed by atoms with Gasteiger partial charge in [-0.3, -0.25) is 14.4 Å². The standard InChI is InChI=1S/C22H31N7.HI/c1-5-20-19(21(6-2)28(4)27-20)15-25-22(23-3)24-14-17-10-7-8-11-18(17)16-29-13-9-12-26-29;/h7-13H,5-6,14-16H2,1-4H3,(H2,23,24,25);1H. The molecule has 1 aromatic carbocycles. The van der Waals surface area contributed by atoms with E-state index in [0.29, 0.717) is 6.54 Å². The van der Waals surface area contributed by atoms with E-state index in [1.165, 1.54) is 22.4 Å². The maximum Gasteiger partial charge on any atom is 0.191 e. The average molecular weight is 521 g/mol. The van der Waals surface area contributed by atoms with Gasteiger partial charge >= 0.3 is 0 Å². The van der Waals surface area contributed by atoms with Crippen LogP contribution >= 0.6 is 24.0 Å². The molecule has 2 heterocycles. The minimum absolute atomic E-state index is 0. The molecule has 0 radical (unpaired) electrons. The van der Waals surface area contributed by atoms with Gasteiger partial charge in [-0.25, -0.2) is 0 Å². The van der Waals surface area contributed by atoms with Crippen LogP contribution in [0.15, 0.2) is 47.7 Å². The van der Waals surface area contributed by atoms with Crippen molar-refractivity contribution >= 4 is 29.9 Å². The summed E-state index contributed by atoms with van der Waals surface area (Å²) in [4.78, 5) is 4.39. The molecule has 162 valence electrons. The van der Waals surface area contributed by atoms with Gasteiger partial charge < -0.3 is 10.6 Å². The van der Waals surface area contributed by atoms with Gasteiger partial charge in [-0.15, -0.1) is 24.0 Å². The van der Waals surface area contributed by atoms with E-state index in [0.717, 1.165) is 37.6 Å². The van der Waals surface area contributed by atoms with Crippen LogP contribution in [0.25, 0.3) is 0 Å². The van der Waals surface area contributed by atoms with Crippen molar-refractivity contribution in [1.82, 2.24) is 30.2 Å². The van der Waals surface area contributed by atoms with E-state index in [9.17, 15) is 0 Å². The molecule has 0 spiro atoms. The van der Waals surface area contributed by atoms with Crippen LogP contribution in [0.1, 0.15) is 41.9 Å². The molecule has 0 aliphatic heterocycles. The number of aryl methyl sites for hydroxylation is 2. The molecule has 3 rings (SSSR count). The SMILES string of the molecule is CCc1nn(C)c(CC)c1CNC(=NC)NCc1ccccc1Cn1cccn1.I. The lowest BCUT2D eigenvalue weighted by molar-refractivity contribution is 0.677. The maximum atomic E-state index is 4.65. The Labute approximate surface area is 196 Å². The first-order valence-electron chi connectivity index (χ1n) is 10.2. The van der Waals surface area contributed by atoms with Crippen molar-refractivity contribution in [2.24, 2.45) is 12.0 Å². The number of rotatable bonds is 8. The summed E-state index contributed by atoms with van der Waals surface area (Å²) in [5.74, 6) is 0.784. The Kier molecular flexibility index (Phi) is 9.35. The van der Waals surface area contributed by atoms with E-state index in [4.69, 9.17) is 0 Å². The predicted octanol–water partition coefficient (Wildman–Crippen LogP) is 3.27. The van der Waals surface area contributed by atoms with Gasteiger partial charge in [0.25, 0.3) is 0 Å². The second-order valence-electron chi connectivity index (χ2n) is 6.95. The van der Waals surface area contributed by atoms with Gasteiger partial charge in [0.1, 0.15) is 0 Å². The van der Waals surface area contributed by atoms with Crippen LogP contribution in [0, 0.1) is 0 Å². The van der Waals surface area contributed by atoms with Gasteiger partial charge in [-0.1, -0.05) is 38.1 Å². The second-order valence-corrected chi connectivity index (χ2v) is 6.95. The topological polar surface area (TPSA) is 72.1 Å². The van der Waals surface area contributed by atoms with Crippen molar-refractivity contribution in [3.63, 3.8) is 0 Å². The normalized spacial score (nSPS) is 11.3. The van der Waals surface area contributed by atoms with E-state index < -0.39 is 0 Å². The molecule has 0 bridgehead atoms. The van der Waals surface area contributed by atoms with Gasteiger partial charge in [0.05, 0.1) is 12.2 Å². The molecule has 3 aromatic rings. The van der Waals surface area contributed by atoms with E-state index in [2.05, 4.69) is 63.9 Å². The van der Waals surface area contributed by atoms with Crippen molar-refractivity contribution in [2.75, 3.05) is 7.05 Å². The van der Waals surface area contributed by atoms with Crippen LogP contribution in [0.3, 0.4) is 0 Å². The number of aromatic nitrogens is 4. The number of halogens is 1. The second kappa shape index (κ2) is 11.7. The molecule has 0 saturated heterocycles. The third-order valence-corrected chi connectivity index (χ3v) is 5.14. The van der Waals surface area contributed by atoms with Gasteiger partial charge in [0, 0.05) is 50.8 Å². The van der Waals surface area contributed by atoms with Crippen LogP contribution in [-0.4, -0.2) is 32.6 Å². The molecular formula is C22H32IN7. The number of nitrogens with zero attached hydrogens (tertiary/aromatic N) is 5. The number of aliphatic imine (C=N–C) groups is 1. The Morgan fingerprint density at radius 1 is 1.03 bits per heavy atom. The smallest absolute Gasteiger partial charge is 0.191 e. The van der Waals surface area contributed by atoms with Crippen molar-refractivity contribution in [1.29, 1.82) is 0 Å². The highest BCUT2D eigenvalue weighted by atomic mass is 127. The maximum absolute atomic E-state index is 4.65. The molecule has 0 unspecified atom stereocenters. The summed E-state index contributed by atoms with van der Waals surface area (Å²) in [7, 11) is 3.82. The lowest BCUT2D eigenvalue weighted by Crippen LogP contribution is -2.36. The molecule has 0 amide bonds. The molecule has 30 heavy (non-hydrogen) atoms. The average Bonchev–Trinajstić information content (AvgIpc) is 3.36. The molecule has 0 saturated carbocycles. The number of guanidine groups is 1. The quantitative estimate of drug-likeness (QED) is 0.271. The summed E-state index contributed by atoms with van der Waals surface area (Å²) in [6.45, 7) is 6.49. The molecule has 0 aliphatic carbocycles. The molecular weight excluding hydrogens is 489 g/mol. The van der Waals surface area contributed by atoms with Crippen LogP contribution in [-0.2, 0) is 39.5 Å². The third kappa shape index (κ3) is 5.84. The summed E-state index contributed by atoms with van der Waals surface area (Å²) in [5.41, 5.74) is 6.18. The summed E-state index contributed by atoms with van der Waals surface area (Å²) >= 11 is 0. The van der Waals surface area contributed by atoms with Gasteiger partial charge in [0.2, 0.25) is 0 Å². The Morgan fingerprint density at radius 2 is 1.77 bits per heavy atom. The van der Waals surface area contributed by atoms with Crippen molar-refractivity contribution in [3.8, 4) is 0 Å². The van der Waals surface area contributed by atoms with Crippen molar-refractivity contribution in [3.05, 3.63) is 70.8 Å². The molecule has 0 aliphatic rings. The Balaban J connectivity index is 0.00000320. The van der Waals surface area contributed by atoms with Gasteiger partial charge in [-0.05, 0) is 30.0 Å². The van der Waals surface area contributed by atoms with E-state index in [1.807, 2.05) is 28.7 Å². The lowest BCUT2D eigenvalue weighted by atomic mass is 10.1. The number of benzene rings is 1. The predicted molar refractivity (Wildman–Crippen MR) is 132 cm³/mol. The lowest BCUT2D eigenvalue weighted by Gasteiger charge is -2.15. The first-order chi connectivity index (χ1) is 14.2. The fraction of sp³-hybridized carbons (Fsp3) is 0.409. The summed E-state index contributed by atoms with van der Waals surface area (Å²) in [6.07, 6.45) is 5.68. The van der Waals surface area contributed by atoms with Crippen LogP contribution in [0.4, 0.5) is 0 Å². The summed E-state index contributed by atoms with van der Waals surface area (Å²) in [5, 5.41) is 15.9. The van der Waals surface area contributed by atoms with Crippen molar-refractivity contribution < 1.29 is 0 Å².